The molecule has 0 fully saturated rings. The normalized spacial score (nSPS) is 10.9. The first-order valence-electron chi connectivity index (χ1n) is 6.10. The summed E-state index contributed by atoms with van der Waals surface area (Å²) in [7, 11) is 0. The number of rotatable bonds is 5. The van der Waals surface area contributed by atoms with Crippen LogP contribution >= 0.6 is 34.4 Å². The zero-order chi connectivity index (χ0) is 14.7. The van der Waals surface area contributed by atoms with E-state index in [1.54, 1.807) is 22.7 Å². The summed E-state index contributed by atoms with van der Waals surface area (Å²) in [5.41, 5.74) is 0.790. The second kappa shape index (κ2) is 6.50. The fourth-order valence-electron chi connectivity index (χ4n) is 1.68. The molecule has 8 heteroatoms. The average molecular weight is 337 g/mol. The Morgan fingerprint density at radius 2 is 2.29 bits per heavy atom. The van der Waals surface area contributed by atoms with Crippen molar-refractivity contribution in [1.29, 1.82) is 0 Å². The van der Waals surface area contributed by atoms with E-state index in [1.165, 1.54) is 18.1 Å². The van der Waals surface area contributed by atoms with Crippen LogP contribution in [0.15, 0.2) is 28.2 Å². The number of aromatic nitrogens is 3. The molecular formula is C13H11N3O2S3. The molecule has 0 atom stereocenters. The molecule has 0 aliphatic heterocycles. The van der Waals surface area contributed by atoms with E-state index in [-0.39, 0.29) is 18.3 Å². The second-order valence-electron chi connectivity index (χ2n) is 4.13. The van der Waals surface area contributed by atoms with Gasteiger partial charge in [-0.1, -0.05) is 11.8 Å². The Bertz CT molecular complexity index is 769. The van der Waals surface area contributed by atoms with E-state index in [2.05, 4.69) is 15.0 Å². The largest absolute Gasteiger partial charge is 0.459 e. The zero-order valence-electron chi connectivity index (χ0n) is 11.1. The summed E-state index contributed by atoms with van der Waals surface area (Å²) in [5.74, 6) is -0.0434. The predicted molar refractivity (Wildman–Crippen MR) is 84.8 cm³/mol. The van der Waals surface area contributed by atoms with Crippen molar-refractivity contribution in [3.05, 3.63) is 33.9 Å². The van der Waals surface area contributed by atoms with Crippen molar-refractivity contribution >= 4 is 50.6 Å². The van der Waals surface area contributed by atoms with Crippen LogP contribution < -0.4 is 0 Å². The minimum Gasteiger partial charge on any atom is -0.459 e. The van der Waals surface area contributed by atoms with Crippen molar-refractivity contribution in [2.45, 2.75) is 18.6 Å². The maximum atomic E-state index is 11.8. The van der Waals surface area contributed by atoms with Gasteiger partial charge < -0.3 is 4.74 Å². The molecular weight excluding hydrogens is 326 g/mol. The van der Waals surface area contributed by atoms with Gasteiger partial charge in [-0.15, -0.1) is 22.7 Å². The molecule has 3 heterocycles. The lowest BCUT2D eigenvalue weighted by Crippen LogP contribution is -2.07. The SMILES string of the molecule is Cc1nc(COC(=O)CSc2ncnc3sccc23)cs1. The maximum Gasteiger partial charge on any atom is 0.316 e. The van der Waals surface area contributed by atoms with E-state index in [1.807, 2.05) is 23.8 Å². The van der Waals surface area contributed by atoms with Crippen molar-refractivity contribution < 1.29 is 9.53 Å². The van der Waals surface area contributed by atoms with Gasteiger partial charge in [0, 0.05) is 10.8 Å². The number of esters is 1. The van der Waals surface area contributed by atoms with Gasteiger partial charge in [-0.25, -0.2) is 15.0 Å². The standard InChI is InChI=1S/C13H11N3O2S3/c1-8-16-9(5-20-8)4-18-11(17)6-21-13-10-2-3-19-12(10)14-7-15-13/h2-3,5,7H,4,6H2,1H3. The number of thiazole rings is 1. The summed E-state index contributed by atoms with van der Waals surface area (Å²) in [5, 5.41) is 6.62. The molecule has 0 aromatic carbocycles. The van der Waals surface area contributed by atoms with Crippen LogP contribution in [-0.4, -0.2) is 26.7 Å². The molecule has 0 saturated carbocycles. The van der Waals surface area contributed by atoms with E-state index in [9.17, 15) is 4.79 Å². The zero-order valence-corrected chi connectivity index (χ0v) is 13.6. The minimum absolute atomic E-state index is 0.224. The number of thiophene rings is 1. The van der Waals surface area contributed by atoms with Crippen LogP contribution in [0.4, 0.5) is 0 Å². The van der Waals surface area contributed by atoms with Crippen LogP contribution in [0.25, 0.3) is 10.2 Å². The molecule has 0 saturated heterocycles. The molecule has 0 radical (unpaired) electrons. The summed E-state index contributed by atoms with van der Waals surface area (Å²) < 4.78 is 5.20. The van der Waals surface area contributed by atoms with E-state index in [0.29, 0.717) is 0 Å². The van der Waals surface area contributed by atoms with Gasteiger partial charge in [0.15, 0.2) is 0 Å². The molecule has 0 spiro atoms. The van der Waals surface area contributed by atoms with Gasteiger partial charge in [0.1, 0.15) is 22.8 Å². The topological polar surface area (TPSA) is 65.0 Å². The summed E-state index contributed by atoms with van der Waals surface area (Å²) >= 11 is 4.47. The van der Waals surface area contributed by atoms with Crippen molar-refractivity contribution in [2.24, 2.45) is 0 Å². The Hall–Kier alpha value is -1.51. The second-order valence-corrected chi connectivity index (χ2v) is 7.05. The molecule has 108 valence electrons. The van der Waals surface area contributed by atoms with E-state index < -0.39 is 0 Å². The van der Waals surface area contributed by atoms with Gasteiger partial charge in [0.05, 0.1) is 16.5 Å². The number of carbonyl (C=O) groups excluding carboxylic acids is 1. The summed E-state index contributed by atoms with van der Waals surface area (Å²) in [4.78, 5) is 25.3. The number of hydrogen-bond donors (Lipinski definition) is 0. The smallest absolute Gasteiger partial charge is 0.316 e. The molecule has 0 aliphatic carbocycles. The van der Waals surface area contributed by atoms with Crippen molar-refractivity contribution in [3.63, 3.8) is 0 Å². The number of nitrogens with zero attached hydrogens (tertiary/aromatic N) is 3. The highest BCUT2D eigenvalue weighted by Gasteiger charge is 2.10. The molecule has 21 heavy (non-hydrogen) atoms. The summed E-state index contributed by atoms with van der Waals surface area (Å²) in [6.45, 7) is 2.15. The monoisotopic (exact) mass is 337 g/mol. The first kappa shape index (κ1) is 14.4. The van der Waals surface area contributed by atoms with Gasteiger partial charge in [-0.2, -0.15) is 0 Å². The van der Waals surface area contributed by atoms with Crippen LogP contribution in [0, 0.1) is 6.92 Å². The number of hydrogen-bond acceptors (Lipinski definition) is 8. The minimum atomic E-state index is -0.271. The Labute approximate surface area is 133 Å². The molecule has 0 amide bonds. The lowest BCUT2D eigenvalue weighted by molar-refractivity contribution is -0.141. The highest BCUT2D eigenvalue weighted by molar-refractivity contribution is 8.00. The molecule has 0 bridgehead atoms. The quantitative estimate of drug-likeness (QED) is 0.404. The van der Waals surface area contributed by atoms with Crippen LogP contribution in [0.5, 0.6) is 0 Å². The van der Waals surface area contributed by atoms with Gasteiger partial charge in [-0.05, 0) is 18.4 Å². The summed E-state index contributed by atoms with van der Waals surface area (Å²) in [6.07, 6.45) is 1.52. The third-order valence-electron chi connectivity index (χ3n) is 2.60. The van der Waals surface area contributed by atoms with E-state index >= 15 is 0 Å². The van der Waals surface area contributed by atoms with Gasteiger partial charge in [0.25, 0.3) is 0 Å². The Morgan fingerprint density at radius 3 is 3.10 bits per heavy atom. The summed E-state index contributed by atoms with van der Waals surface area (Å²) in [6, 6.07) is 1.96. The predicted octanol–water partition coefficient (Wildman–Crippen LogP) is 3.29. The van der Waals surface area contributed by atoms with Crippen LogP contribution in [0.3, 0.4) is 0 Å². The number of ether oxygens (including phenoxy) is 1. The van der Waals surface area contributed by atoms with Gasteiger partial charge >= 0.3 is 5.97 Å². The lowest BCUT2D eigenvalue weighted by atomic mass is 10.4. The van der Waals surface area contributed by atoms with Gasteiger partial charge in [-0.3, -0.25) is 4.79 Å². The van der Waals surface area contributed by atoms with Crippen LogP contribution in [-0.2, 0) is 16.1 Å². The van der Waals surface area contributed by atoms with Crippen molar-refractivity contribution in [1.82, 2.24) is 15.0 Å². The fourth-order valence-corrected chi connectivity index (χ4v) is 3.85. The third kappa shape index (κ3) is 3.58. The van der Waals surface area contributed by atoms with E-state index in [4.69, 9.17) is 4.74 Å². The molecule has 0 unspecified atom stereocenters. The van der Waals surface area contributed by atoms with Crippen molar-refractivity contribution in [3.8, 4) is 0 Å². The van der Waals surface area contributed by atoms with Crippen molar-refractivity contribution in [2.75, 3.05) is 5.75 Å². The number of aryl methyl sites for hydroxylation is 1. The van der Waals surface area contributed by atoms with Crippen LogP contribution in [0.2, 0.25) is 0 Å². The Balaban J connectivity index is 1.55. The molecule has 3 aromatic rings. The number of thioether (sulfide) groups is 1. The molecule has 3 rings (SSSR count). The lowest BCUT2D eigenvalue weighted by Gasteiger charge is -2.03. The maximum absolute atomic E-state index is 11.8. The highest BCUT2D eigenvalue weighted by atomic mass is 32.2. The first-order chi connectivity index (χ1) is 10.2. The highest BCUT2D eigenvalue weighted by Crippen LogP contribution is 2.27. The first-order valence-corrected chi connectivity index (χ1v) is 8.84. The number of fused-ring (bicyclic) bond motifs is 1. The van der Waals surface area contributed by atoms with Gasteiger partial charge in [0.2, 0.25) is 0 Å². The molecule has 0 aliphatic rings. The Kier molecular flexibility index (Phi) is 4.47. The number of carbonyl (C=O) groups is 1. The third-order valence-corrected chi connectivity index (χ3v) is 5.22. The Morgan fingerprint density at radius 1 is 1.38 bits per heavy atom. The van der Waals surface area contributed by atoms with Crippen LogP contribution in [0.1, 0.15) is 10.7 Å². The molecule has 0 N–H and O–H groups in total. The molecule has 5 nitrogen and oxygen atoms in total. The van der Waals surface area contributed by atoms with E-state index in [0.717, 1.165) is 25.9 Å². The molecule has 3 aromatic heterocycles. The average Bonchev–Trinajstić information content (AvgIpc) is 3.11. The fraction of sp³-hybridized carbons (Fsp3) is 0.231.